The zero-order chi connectivity index (χ0) is 47.8. The highest BCUT2D eigenvalue weighted by Gasteiger charge is 2.05. The molecule has 0 unspecified atom stereocenters. The summed E-state index contributed by atoms with van der Waals surface area (Å²) in [6, 6.07) is 49.6. The number of fused-ring (bicyclic) bond motifs is 3. The molecule has 0 atom stereocenters. The zero-order valence-electron chi connectivity index (χ0n) is 36.7. The Morgan fingerprint density at radius 3 is 0.641 bits per heavy atom. The average molecular weight is 901 g/mol. The molecule has 0 saturated carbocycles. The summed E-state index contributed by atoms with van der Waals surface area (Å²) in [4.78, 5) is -0.694. The van der Waals surface area contributed by atoms with E-state index in [1.165, 1.54) is 90.0 Å². The van der Waals surface area contributed by atoms with E-state index in [9.17, 15) is 25.9 Å². The SMILES string of the molecule is Cc1ccc2cc(C)ccc2c1.Cc1ccc2cc(C)ccc2c1.Cc1ccc2cc(C)ccc2c1.NC(N)=[NH2+].NC(N)=[NH2+].O=S(=O)([O-])c1ccc(-c2ccc(S(=O)(=O)[O-])cc2)cc1. The van der Waals surface area contributed by atoms with Gasteiger partial charge in [0.1, 0.15) is 20.2 Å². The first-order valence-electron chi connectivity index (χ1n) is 19.7. The van der Waals surface area contributed by atoms with Gasteiger partial charge in [-0.25, -0.2) is 16.8 Å². The summed E-state index contributed by atoms with van der Waals surface area (Å²) in [5, 5.41) is 17.2. The number of benzene rings is 8. The summed E-state index contributed by atoms with van der Waals surface area (Å²) < 4.78 is 64.7. The second-order valence-electron chi connectivity index (χ2n) is 15.0. The van der Waals surface area contributed by atoms with Crippen molar-refractivity contribution in [2.45, 2.75) is 51.3 Å². The number of aryl methyl sites for hydroxylation is 6. The van der Waals surface area contributed by atoms with Crippen LogP contribution in [0.1, 0.15) is 33.4 Å². The van der Waals surface area contributed by atoms with E-state index in [0.717, 1.165) is 24.3 Å². The second-order valence-corrected chi connectivity index (χ2v) is 17.8. The van der Waals surface area contributed by atoms with Crippen molar-refractivity contribution in [2.24, 2.45) is 22.9 Å². The van der Waals surface area contributed by atoms with Gasteiger partial charge in [0.25, 0.3) is 0 Å². The monoisotopic (exact) mass is 900 g/mol. The van der Waals surface area contributed by atoms with E-state index in [1.54, 1.807) is 0 Å². The lowest BCUT2D eigenvalue weighted by atomic mass is 10.1. The first-order valence-corrected chi connectivity index (χ1v) is 22.5. The van der Waals surface area contributed by atoms with Crippen molar-refractivity contribution < 1.29 is 36.8 Å². The zero-order valence-corrected chi connectivity index (χ0v) is 38.4. The average Bonchev–Trinajstić information content (AvgIpc) is 3.21. The van der Waals surface area contributed by atoms with Gasteiger partial charge < -0.3 is 9.11 Å². The summed E-state index contributed by atoms with van der Waals surface area (Å²) in [6.45, 7) is 12.7. The molecule has 8 aromatic carbocycles. The fourth-order valence-electron chi connectivity index (χ4n) is 6.08. The lowest BCUT2D eigenvalue weighted by molar-refractivity contribution is -0.117. The standard InChI is InChI=1S/C12H10O6S2.3C12H12.2CH5N3/c13-19(14,15)11-5-1-9(2-6-11)10-3-7-12(8-4-10)20(16,17)18;3*1-9-3-5-12-8-10(2)4-6-11(12)7-9;2*2-1(3)4/h1-8H,(H,13,14,15)(H,16,17,18);3*3-8H,1-2H3;2*(H5,2,3,4). The molecular weight excluding hydrogens is 845 g/mol. The number of hydrogen-bond donors (Lipinski definition) is 6. The highest BCUT2D eigenvalue weighted by Crippen LogP contribution is 2.23. The molecule has 14 heteroatoms. The number of hydrogen-bond acceptors (Lipinski definition) is 6. The van der Waals surface area contributed by atoms with E-state index >= 15 is 0 Å². The van der Waals surface area contributed by atoms with Gasteiger partial charge in [0, 0.05) is 0 Å². The topological polar surface area (TPSA) is 270 Å². The Bertz CT molecular complexity index is 2670. The van der Waals surface area contributed by atoms with Crippen molar-refractivity contribution in [1.82, 2.24) is 0 Å². The van der Waals surface area contributed by atoms with Crippen LogP contribution in [-0.4, -0.2) is 37.9 Å². The molecule has 0 aliphatic heterocycles. The second kappa shape index (κ2) is 23.4. The highest BCUT2D eigenvalue weighted by atomic mass is 32.2. The van der Waals surface area contributed by atoms with Gasteiger partial charge in [0.05, 0.1) is 9.79 Å². The van der Waals surface area contributed by atoms with Gasteiger partial charge in [-0.3, -0.25) is 33.8 Å². The van der Waals surface area contributed by atoms with Gasteiger partial charge in [-0.1, -0.05) is 167 Å². The molecule has 0 radical (unpaired) electrons. The quantitative estimate of drug-likeness (QED) is 0.0729. The first kappa shape index (κ1) is 51.3. The number of guanidine groups is 2. The molecule has 0 spiro atoms. The van der Waals surface area contributed by atoms with E-state index in [1.807, 2.05) is 0 Å². The van der Waals surface area contributed by atoms with Crippen LogP contribution in [0, 0.1) is 41.5 Å². The van der Waals surface area contributed by atoms with Gasteiger partial charge in [-0.05, 0) is 109 Å². The summed E-state index contributed by atoms with van der Waals surface area (Å²) in [6.07, 6.45) is 0. The minimum absolute atomic E-state index is 0.0833. The molecule has 0 fully saturated rings. The van der Waals surface area contributed by atoms with Crippen LogP contribution in [0.2, 0.25) is 0 Å². The molecule has 334 valence electrons. The molecule has 0 amide bonds. The van der Waals surface area contributed by atoms with Crippen molar-refractivity contribution >= 4 is 64.5 Å². The van der Waals surface area contributed by atoms with Crippen LogP contribution >= 0.6 is 0 Å². The van der Waals surface area contributed by atoms with Crippen LogP contribution in [0.4, 0.5) is 0 Å². The third-order valence-electron chi connectivity index (χ3n) is 9.07. The third-order valence-corrected chi connectivity index (χ3v) is 10.8. The van der Waals surface area contributed by atoms with Gasteiger partial charge >= 0.3 is 11.9 Å². The Labute approximate surface area is 376 Å². The summed E-state index contributed by atoms with van der Waals surface area (Å²) >= 11 is 0. The van der Waals surface area contributed by atoms with Crippen LogP contribution in [0.15, 0.2) is 168 Å². The van der Waals surface area contributed by atoms with Crippen LogP contribution < -0.4 is 33.8 Å². The van der Waals surface area contributed by atoms with Gasteiger partial charge in [-0.2, -0.15) is 0 Å². The van der Waals surface area contributed by atoms with Crippen molar-refractivity contribution in [3.8, 4) is 11.1 Å². The maximum Gasteiger partial charge on any atom is 0.336 e. The smallest absolute Gasteiger partial charge is 0.336 e. The lowest BCUT2D eigenvalue weighted by Gasteiger charge is -2.09. The summed E-state index contributed by atoms with van der Waals surface area (Å²) in [7, 11) is -9.00. The molecule has 0 aromatic heterocycles. The largest absolute Gasteiger partial charge is 0.744 e. The predicted octanol–water partition coefficient (Wildman–Crippen LogP) is 5.57. The van der Waals surface area contributed by atoms with Crippen molar-refractivity contribution in [2.75, 3.05) is 0 Å². The lowest BCUT2D eigenvalue weighted by Crippen LogP contribution is -2.51. The molecule has 12 N–H and O–H groups in total. The van der Waals surface area contributed by atoms with Crippen molar-refractivity contribution in [3.63, 3.8) is 0 Å². The van der Waals surface area contributed by atoms with Gasteiger partial charge in [0.15, 0.2) is 0 Å². The minimum atomic E-state index is -4.50. The van der Waals surface area contributed by atoms with E-state index < -0.39 is 20.2 Å². The van der Waals surface area contributed by atoms with Gasteiger partial charge in [-0.15, -0.1) is 0 Å². The van der Waals surface area contributed by atoms with E-state index in [0.29, 0.717) is 11.1 Å². The third kappa shape index (κ3) is 17.7. The molecule has 12 nitrogen and oxygen atoms in total. The summed E-state index contributed by atoms with van der Waals surface area (Å²) in [5.41, 5.74) is 27.5. The van der Waals surface area contributed by atoms with Crippen LogP contribution in [0.25, 0.3) is 43.4 Å². The van der Waals surface area contributed by atoms with E-state index in [4.69, 9.17) is 0 Å². The molecule has 8 aromatic rings. The maximum absolute atomic E-state index is 10.8. The Kier molecular flexibility index (Phi) is 18.7. The molecule has 0 heterocycles. The number of rotatable bonds is 3. The molecule has 0 saturated heterocycles. The Balaban J connectivity index is 0.000000219. The highest BCUT2D eigenvalue weighted by molar-refractivity contribution is 7.86. The number of nitrogens with two attached hydrogens (primary N) is 6. The van der Waals surface area contributed by atoms with E-state index in [-0.39, 0.29) is 21.7 Å². The van der Waals surface area contributed by atoms with Crippen molar-refractivity contribution in [1.29, 1.82) is 0 Å². The summed E-state index contributed by atoms with van der Waals surface area (Å²) in [5.74, 6) is -0.167. The van der Waals surface area contributed by atoms with Crippen molar-refractivity contribution in [3.05, 3.63) is 191 Å². The molecule has 0 aliphatic rings. The Hall–Kier alpha value is -7.10. The molecule has 64 heavy (non-hydrogen) atoms. The molecule has 0 aliphatic carbocycles. The Morgan fingerprint density at radius 2 is 0.500 bits per heavy atom. The van der Waals surface area contributed by atoms with Gasteiger partial charge in [0.2, 0.25) is 0 Å². The Morgan fingerprint density at radius 1 is 0.344 bits per heavy atom. The van der Waals surface area contributed by atoms with E-state index in [2.05, 4.69) is 184 Å². The van der Waals surface area contributed by atoms with Crippen LogP contribution in [0.5, 0.6) is 0 Å². The predicted molar refractivity (Wildman–Crippen MR) is 259 cm³/mol. The minimum Gasteiger partial charge on any atom is -0.744 e. The molecule has 0 bridgehead atoms. The first-order chi connectivity index (χ1) is 29.9. The van der Waals surface area contributed by atoms with Crippen LogP contribution in [-0.2, 0) is 20.2 Å². The fraction of sp³-hybridized carbons (Fsp3) is 0.120. The normalized spacial score (nSPS) is 10.5. The fourth-order valence-corrected chi connectivity index (χ4v) is 7.02. The maximum atomic E-state index is 10.8. The molecular formula is C50H56N6O6S2. The van der Waals surface area contributed by atoms with Crippen LogP contribution in [0.3, 0.4) is 0 Å². The molecule has 8 rings (SSSR count).